The molecule has 3 aromatic rings. The Morgan fingerprint density at radius 3 is 2.62 bits per heavy atom. The molecule has 0 aliphatic carbocycles. The van der Waals surface area contributed by atoms with Crippen molar-refractivity contribution in [1.82, 2.24) is 19.6 Å². The molecule has 0 saturated carbocycles. The van der Waals surface area contributed by atoms with Crippen LogP contribution in [0.5, 0.6) is 0 Å². The molecule has 1 fully saturated rings. The zero-order chi connectivity index (χ0) is 20.8. The van der Waals surface area contributed by atoms with E-state index < -0.39 is 5.60 Å². The largest absolute Gasteiger partial charge is 0.385 e. The molecule has 0 radical (unpaired) electrons. The highest BCUT2D eigenvalue weighted by Gasteiger charge is 2.33. The third-order valence-corrected chi connectivity index (χ3v) is 6.13. The fourth-order valence-electron chi connectivity index (χ4n) is 4.18. The van der Waals surface area contributed by atoms with Crippen molar-refractivity contribution in [1.29, 1.82) is 0 Å². The van der Waals surface area contributed by atoms with E-state index in [-0.39, 0.29) is 5.41 Å². The molecule has 1 atom stereocenters. The van der Waals surface area contributed by atoms with Gasteiger partial charge < -0.3 is 10.0 Å². The van der Waals surface area contributed by atoms with E-state index in [1.54, 1.807) is 12.4 Å². The van der Waals surface area contributed by atoms with Crippen molar-refractivity contribution in [2.24, 2.45) is 0 Å². The van der Waals surface area contributed by atoms with Crippen molar-refractivity contribution in [2.45, 2.75) is 64.9 Å². The van der Waals surface area contributed by atoms with Crippen LogP contribution in [-0.2, 0) is 11.0 Å². The third kappa shape index (κ3) is 3.62. The summed E-state index contributed by atoms with van der Waals surface area (Å²) < 4.78 is 2.00. The second kappa shape index (κ2) is 7.10. The highest BCUT2D eigenvalue weighted by atomic mass is 16.3. The molecule has 4 rings (SSSR count). The molecule has 6 heteroatoms. The Morgan fingerprint density at radius 2 is 1.93 bits per heavy atom. The molecule has 29 heavy (non-hydrogen) atoms. The molecule has 0 spiro atoms. The van der Waals surface area contributed by atoms with Crippen LogP contribution in [0.15, 0.2) is 30.6 Å². The van der Waals surface area contributed by atoms with E-state index in [2.05, 4.69) is 50.6 Å². The van der Waals surface area contributed by atoms with Gasteiger partial charge in [0.25, 0.3) is 0 Å². The number of hydrogen-bond donors (Lipinski definition) is 1. The Morgan fingerprint density at radius 1 is 1.14 bits per heavy atom. The lowest BCUT2D eigenvalue weighted by Crippen LogP contribution is -2.31. The van der Waals surface area contributed by atoms with Crippen molar-refractivity contribution in [3.63, 3.8) is 0 Å². The minimum atomic E-state index is -0.835. The maximum absolute atomic E-state index is 11.3. The number of aliphatic hydroxyl groups is 1. The molecular formula is C23H31N5O. The van der Waals surface area contributed by atoms with Gasteiger partial charge in [-0.15, -0.1) is 0 Å². The Hall–Kier alpha value is -2.47. The van der Waals surface area contributed by atoms with Crippen LogP contribution in [0, 0.1) is 13.8 Å². The summed E-state index contributed by atoms with van der Waals surface area (Å²) in [6, 6.07) is 5.97. The summed E-state index contributed by atoms with van der Waals surface area (Å²) in [4.78, 5) is 11.4. The summed E-state index contributed by atoms with van der Waals surface area (Å²) in [5.41, 5.74) is 4.14. The van der Waals surface area contributed by atoms with E-state index in [0.717, 1.165) is 59.9 Å². The molecule has 6 nitrogen and oxygen atoms in total. The monoisotopic (exact) mass is 393 g/mol. The lowest BCUT2D eigenvalue weighted by Gasteiger charge is -2.28. The number of aryl methyl sites for hydroxylation is 1. The Kier molecular flexibility index (Phi) is 4.85. The minimum Gasteiger partial charge on any atom is -0.385 e. The van der Waals surface area contributed by atoms with Crippen LogP contribution < -0.4 is 4.90 Å². The summed E-state index contributed by atoms with van der Waals surface area (Å²) >= 11 is 0. The fraction of sp³-hybridized carbons (Fsp3) is 0.522. The van der Waals surface area contributed by atoms with Crippen molar-refractivity contribution in [3.8, 4) is 0 Å². The maximum atomic E-state index is 11.3. The first-order valence-corrected chi connectivity index (χ1v) is 10.4. The number of anilines is 1. The number of fused-ring (bicyclic) bond motifs is 1. The Labute approximate surface area is 172 Å². The van der Waals surface area contributed by atoms with Crippen LogP contribution in [0.3, 0.4) is 0 Å². The van der Waals surface area contributed by atoms with Gasteiger partial charge in [-0.2, -0.15) is 9.61 Å². The van der Waals surface area contributed by atoms with Crippen LogP contribution in [0.25, 0.3) is 5.65 Å². The second-order valence-corrected chi connectivity index (χ2v) is 9.31. The summed E-state index contributed by atoms with van der Waals surface area (Å²) in [6.07, 6.45) is 5.84. The quantitative estimate of drug-likeness (QED) is 0.715. The minimum absolute atomic E-state index is 0.0356. The highest BCUT2D eigenvalue weighted by Crippen LogP contribution is 2.35. The van der Waals surface area contributed by atoms with Gasteiger partial charge in [-0.05, 0) is 39.2 Å². The average Bonchev–Trinajstić information content (AvgIpc) is 3.00. The van der Waals surface area contributed by atoms with Crippen molar-refractivity contribution in [2.75, 3.05) is 18.0 Å². The molecule has 1 saturated heterocycles. The molecule has 1 aliphatic rings. The Bertz CT molecular complexity index is 1020. The molecule has 1 unspecified atom stereocenters. The first kappa shape index (κ1) is 19.8. The van der Waals surface area contributed by atoms with E-state index in [4.69, 9.17) is 10.1 Å². The van der Waals surface area contributed by atoms with Crippen LogP contribution in [0.1, 0.15) is 62.5 Å². The van der Waals surface area contributed by atoms with Crippen LogP contribution >= 0.6 is 0 Å². The molecule has 1 N–H and O–H groups in total. The topological polar surface area (TPSA) is 66.5 Å². The number of pyridine rings is 1. The summed E-state index contributed by atoms with van der Waals surface area (Å²) in [6.45, 7) is 12.3. The molecule has 154 valence electrons. The molecule has 4 heterocycles. The van der Waals surface area contributed by atoms with Gasteiger partial charge in [0.2, 0.25) is 0 Å². The normalized spacial score (nSPS) is 20.8. The van der Waals surface area contributed by atoms with Gasteiger partial charge in [0.05, 0.1) is 11.3 Å². The van der Waals surface area contributed by atoms with Crippen LogP contribution in [-0.4, -0.2) is 37.8 Å². The second-order valence-electron chi connectivity index (χ2n) is 9.31. The van der Waals surface area contributed by atoms with Crippen molar-refractivity contribution in [3.05, 3.63) is 53.1 Å². The van der Waals surface area contributed by atoms with Gasteiger partial charge in [-0.25, -0.2) is 4.98 Å². The number of aromatic nitrogens is 4. The molecule has 0 amide bonds. The van der Waals surface area contributed by atoms with Crippen LogP contribution in [0.2, 0.25) is 0 Å². The number of rotatable bonds is 2. The SMILES string of the molecule is Cc1nc2cc(C(C)(C)C)nn2c(N2CCCC(O)(c3cccnc3)CC2)c1C. The van der Waals surface area contributed by atoms with Gasteiger partial charge in [-0.1, -0.05) is 26.8 Å². The summed E-state index contributed by atoms with van der Waals surface area (Å²) in [5, 5.41) is 16.3. The van der Waals surface area contributed by atoms with Gasteiger partial charge >= 0.3 is 0 Å². The molecule has 3 aromatic heterocycles. The van der Waals surface area contributed by atoms with E-state index in [1.807, 2.05) is 16.6 Å². The standard InChI is InChI=1S/C23H31N5O/c1-16-17(2)25-20-14-19(22(3,4)5)26-28(20)21(16)27-12-7-9-23(29,10-13-27)18-8-6-11-24-15-18/h6,8,11,14-15,29H,7,9-10,12-13H2,1-5H3. The number of nitrogens with zero attached hydrogens (tertiary/aromatic N) is 5. The number of hydrogen-bond acceptors (Lipinski definition) is 5. The third-order valence-electron chi connectivity index (χ3n) is 6.13. The molecule has 0 bridgehead atoms. The van der Waals surface area contributed by atoms with E-state index in [1.165, 1.54) is 0 Å². The molecule has 1 aliphatic heterocycles. The zero-order valence-electron chi connectivity index (χ0n) is 18.1. The predicted molar refractivity (Wildman–Crippen MR) is 115 cm³/mol. The smallest absolute Gasteiger partial charge is 0.157 e. The summed E-state index contributed by atoms with van der Waals surface area (Å²) in [5.74, 6) is 1.10. The zero-order valence-corrected chi connectivity index (χ0v) is 18.1. The Balaban J connectivity index is 1.73. The predicted octanol–water partition coefficient (Wildman–Crippen LogP) is 3.92. The van der Waals surface area contributed by atoms with E-state index in [0.29, 0.717) is 6.42 Å². The van der Waals surface area contributed by atoms with E-state index >= 15 is 0 Å². The van der Waals surface area contributed by atoms with Gasteiger partial charge in [0, 0.05) is 53.8 Å². The average molecular weight is 394 g/mol. The molecular weight excluding hydrogens is 362 g/mol. The summed E-state index contributed by atoms with van der Waals surface area (Å²) in [7, 11) is 0. The highest BCUT2D eigenvalue weighted by molar-refractivity contribution is 5.57. The van der Waals surface area contributed by atoms with Crippen LogP contribution in [0.4, 0.5) is 5.82 Å². The van der Waals surface area contributed by atoms with E-state index in [9.17, 15) is 5.11 Å². The van der Waals surface area contributed by atoms with Gasteiger partial charge in [0.1, 0.15) is 5.82 Å². The first-order chi connectivity index (χ1) is 13.7. The van der Waals surface area contributed by atoms with Crippen molar-refractivity contribution < 1.29 is 5.11 Å². The first-order valence-electron chi connectivity index (χ1n) is 10.4. The lowest BCUT2D eigenvalue weighted by molar-refractivity contribution is 0.0241. The van der Waals surface area contributed by atoms with Gasteiger partial charge in [0.15, 0.2) is 5.65 Å². The lowest BCUT2D eigenvalue weighted by atomic mass is 9.88. The van der Waals surface area contributed by atoms with Crippen molar-refractivity contribution >= 4 is 11.5 Å². The fourth-order valence-corrected chi connectivity index (χ4v) is 4.18. The van der Waals surface area contributed by atoms with Gasteiger partial charge in [-0.3, -0.25) is 4.98 Å². The maximum Gasteiger partial charge on any atom is 0.157 e. The molecule has 0 aromatic carbocycles.